The molecule has 0 aromatic heterocycles. The van der Waals surface area contributed by atoms with E-state index < -0.39 is 5.97 Å². The van der Waals surface area contributed by atoms with E-state index in [9.17, 15) is 9.59 Å². The second-order valence-electron chi connectivity index (χ2n) is 4.66. The van der Waals surface area contributed by atoms with Gasteiger partial charge in [-0.1, -0.05) is 6.92 Å². The summed E-state index contributed by atoms with van der Waals surface area (Å²) in [6.07, 6.45) is 1.66. The first-order chi connectivity index (χ1) is 8.59. The fraction of sp³-hybridized carbons (Fsp3) is 0.833. The smallest absolute Gasteiger partial charge is 0.317 e. The SMILES string of the molecule is CC(CCNC(=O)N1CCOCC1)CCC(=O)O. The van der Waals surface area contributed by atoms with Crippen LogP contribution in [-0.2, 0) is 9.53 Å². The molecule has 0 saturated carbocycles. The molecule has 104 valence electrons. The largest absolute Gasteiger partial charge is 0.481 e. The number of carbonyl (C=O) groups is 2. The maximum atomic E-state index is 11.7. The van der Waals surface area contributed by atoms with Crippen LogP contribution in [0, 0.1) is 5.92 Å². The van der Waals surface area contributed by atoms with Gasteiger partial charge in [0.25, 0.3) is 0 Å². The van der Waals surface area contributed by atoms with E-state index in [1.165, 1.54) is 0 Å². The van der Waals surface area contributed by atoms with Crippen LogP contribution in [-0.4, -0.2) is 54.9 Å². The Bertz CT molecular complexity index is 277. The number of rotatable bonds is 6. The topological polar surface area (TPSA) is 78.9 Å². The summed E-state index contributed by atoms with van der Waals surface area (Å²) in [5.74, 6) is -0.453. The van der Waals surface area contributed by atoms with Crippen molar-refractivity contribution in [3.63, 3.8) is 0 Å². The predicted octanol–water partition coefficient (Wildman–Crippen LogP) is 0.919. The van der Waals surface area contributed by atoms with Gasteiger partial charge in [-0.2, -0.15) is 0 Å². The molecule has 2 amide bonds. The molecule has 0 radical (unpaired) electrons. The van der Waals surface area contributed by atoms with Gasteiger partial charge in [-0.25, -0.2) is 4.79 Å². The minimum Gasteiger partial charge on any atom is -0.481 e. The Hall–Kier alpha value is -1.30. The standard InChI is InChI=1S/C12H22N2O4/c1-10(2-3-11(15)16)4-5-13-12(17)14-6-8-18-9-7-14/h10H,2-9H2,1H3,(H,13,17)(H,15,16). The Morgan fingerprint density at radius 1 is 1.33 bits per heavy atom. The highest BCUT2D eigenvalue weighted by Gasteiger charge is 2.16. The average molecular weight is 258 g/mol. The Morgan fingerprint density at radius 3 is 2.61 bits per heavy atom. The van der Waals surface area contributed by atoms with Gasteiger partial charge in [-0.05, 0) is 18.8 Å². The second-order valence-corrected chi connectivity index (χ2v) is 4.66. The van der Waals surface area contributed by atoms with Gasteiger partial charge in [-0.3, -0.25) is 4.79 Å². The van der Waals surface area contributed by atoms with Crippen LogP contribution >= 0.6 is 0 Å². The molecule has 1 aliphatic rings. The molecular formula is C12H22N2O4. The molecule has 1 saturated heterocycles. The molecule has 1 heterocycles. The van der Waals surface area contributed by atoms with Crippen molar-refractivity contribution in [1.29, 1.82) is 0 Å². The van der Waals surface area contributed by atoms with Gasteiger partial charge in [0, 0.05) is 26.1 Å². The lowest BCUT2D eigenvalue weighted by Gasteiger charge is -2.27. The number of nitrogens with zero attached hydrogens (tertiary/aromatic N) is 1. The summed E-state index contributed by atoms with van der Waals surface area (Å²) < 4.78 is 5.17. The lowest BCUT2D eigenvalue weighted by Crippen LogP contribution is -2.46. The average Bonchev–Trinajstić information content (AvgIpc) is 2.37. The zero-order chi connectivity index (χ0) is 13.4. The number of carboxylic acids is 1. The molecule has 6 heteroatoms. The molecule has 1 unspecified atom stereocenters. The van der Waals surface area contributed by atoms with Gasteiger partial charge in [0.2, 0.25) is 0 Å². The van der Waals surface area contributed by atoms with Crippen LogP contribution in [0.1, 0.15) is 26.2 Å². The number of carboxylic acid groups (broad SMARTS) is 1. The molecule has 1 atom stereocenters. The normalized spacial score (nSPS) is 17.3. The van der Waals surface area contributed by atoms with E-state index in [0.717, 1.165) is 6.42 Å². The Balaban J connectivity index is 2.08. The molecule has 2 N–H and O–H groups in total. The van der Waals surface area contributed by atoms with Crippen LogP contribution in [0.4, 0.5) is 4.79 Å². The van der Waals surface area contributed by atoms with Crippen LogP contribution in [0.15, 0.2) is 0 Å². The van der Waals surface area contributed by atoms with Crippen molar-refractivity contribution >= 4 is 12.0 Å². The third-order valence-corrected chi connectivity index (χ3v) is 3.06. The van der Waals surface area contributed by atoms with Gasteiger partial charge in [0.05, 0.1) is 13.2 Å². The van der Waals surface area contributed by atoms with Crippen LogP contribution in [0.3, 0.4) is 0 Å². The number of morpholine rings is 1. The highest BCUT2D eigenvalue weighted by molar-refractivity contribution is 5.74. The van der Waals surface area contributed by atoms with Gasteiger partial charge < -0.3 is 20.1 Å². The van der Waals surface area contributed by atoms with Crippen molar-refractivity contribution in [2.45, 2.75) is 26.2 Å². The highest BCUT2D eigenvalue weighted by atomic mass is 16.5. The number of urea groups is 1. The molecule has 0 aliphatic carbocycles. The first-order valence-corrected chi connectivity index (χ1v) is 6.42. The molecule has 1 aliphatic heterocycles. The molecule has 18 heavy (non-hydrogen) atoms. The fourth-order valence-electron chi connectivity index (χ4n) is 1.82. The predicted molar refractivity (Wildman–Crippen MR) is 66.4 cm³/mol. The number of hydrogen-bond donors (Lipinski definition) is 2. The summed E-state index contributed by atoms with van der Waals surface area (Å²) in [7, 11) is 0. The zero-order valence-electron chi connectivity index (χ0n) is 10.9. The first-order valence-electron chi connectivity index (χ1n) is 6.42. The highest BCUT2D eigenvalue weighted by Crippen LogP contribution is 2.09. The third kappa shape index (κ3) is 5.86. The molecule has 0 spiro atoms. The van der Waals surface area contributed by atoms with Gasteiger partial charge >= 0.3 is 12.0 Å². The summed E-state index contributed by atoms with van der Waals surface area (Å²) in [4.78, 5) is 23.9. The van der Waals surface area contributed by atoms with E-state index in [1.54, 1.807) is 4.90 Å². The number of amides is 2. The summed E-state index contributed by atoms with van der Waals surface area (Å²) >= 11 is 0. The van der Waals surface area contributed by atoms with Crippen molar-refractivity contribution in [3.8, 4) is 0 Å². The quantitative estimate of drug-likeness (QED) is 0.742. The summed E-state index contributed by atoms with van der Waals surface area (Å²) in [5.41, 5.74) is 0. The molecule has 0 aromatic carbocycles. The van der Waals surface area contributed by atoms with Crippen molar-refractivity contribution in [1.82, 2.24) is 10.2 Å². The summed E-state index contributed by atoms with van der Waals surface area (Å²) in [6, 6.07) is -0.0521. The van der Waals surface area contributed by atoms with Gasteiger partial charge in [0.1, 0.15) is 0 Å². The molecule has 1 fully saturated rings. The van der Waals surface area contributed by atoms with Crippen molar-refractivity contribution in [3.05, 3.63) is 0 Å². The van der Waals surface area contributed by atoms with Gasteiger partial charge in [0.15, 0.2) is 0 Å². The van der Waals surface area contributed by atoms with E-state index in [-0.39, 0.29) is 12.5 Å². The van der Waals surface area contributed by atoms with Crippen molar-refractivity contribution < 1.29 is 19.4 Å². The lowest BCUT2D eigenvalue weighted by molar-refractivity contribution is -0.137. The first kappa shape index (κ1) is 14.8. The monoisotopic (exact) mass is 258 g/mol. The van der Waals surface area contributed by atoms with Crippen molar-refractivity contribution in [2.24, 2.45) is 5.92 Å². The van der Waals surface area contributed by atoms with Gasteiger partial charge in [-0.15, -0.1) is 0 Å². The van der Waals surface area contributed by atoms with Crippen LogP contribution in [0.5, 0.6) is 0 Å². The molecule has 0 bridgehead atoms. The number of ether oxygens (including phenoxy) is 1. The van der Waals surface area contributed by atoms with Crippen LogP contribution in [0.25, 0.3) is 0 Å². The number of nitrogens with one attached hydrogen (secondary N) is 1. The Kier molecular flexibility index (Phi) is 6.49. The van der Waals surface area contributed by atoms with E-state index in [0.29, 0.717) is 45.2 Å². The second kappa shape index (κ2) is 7.92. The van der Waals surface area contributed by atoms with E-state index in [4.69, 9.17) is 9.84 Å². The van der Waals surface area contributed by atoms with E-state index >= 15 is 0 Å². The van der Waals surface area contributed by atoms with Crippen molar-refractivity contribution in [2.75, 3.05) is 32.8 Å². The van der Waals surface area contributed by atoms with Crippen LogP contribution in [0.2, 0.25) is 0 Å². The van der Waals surface area contributed by atoms with Crippen LogP contribution < -0.4 is 5.32 Å². The number of carbonyl (C=O) groups excluding carboxylic acids is 1. The molecule has 6 nitrogen and oxygen atoms in total. The Labute approximate surface area is 107 Å². The molecular weight excluding hydrogens is 236 g/mol. The number of aliphatic carboxylic acids is 1. The minimum atomic E-state index is -0.765. The minimum absolute atomic E-state index is 0.0521. The summed E-state index contributed by atoms with van der Waals surface area (Å²) in [5, 5.41) is 11.4. The van der Waals surface area contributed by atoms with E-state index in [1.807, 2.05) is 6.92 Å². The number of hydrogen-bond acceptors (Lipinski definition) is 3. The molecule has 0 aromatic rings. The summed E-state index contributed by atoms with van der Waals surface area (Å²) in [6.45, 7) is 5.08. The maximum absolute atomic E-state index is 11.7. The zero-order valence-corrected chi connectivity index (χ0v) is 10.9. The lowest BCUT2D eigenvalue weighted by atomic mass is 10.0. The Morgan fingerprint density at radius 2 is 2.00 bits per heavy atom. The fourth-order valence-corrected chi connectivity index (χ4v) is 1.82. The van der Waals surface area contributed by atoms with E-state index in [2.05, 4.69) is 5.32 Å². The molecule has 1 rings (SSSR count). The maximum Gasteiger partial charge on any atom is 0.317 e. The third-order valence-electron chi connectivity index (χ3n) is 3.06.